The van der Waals surface area contributed by atoms with Crippen LogP contribution in [0.4, 0.5) is 0 Å². The summed E-state index contributed by atoms with van der Waals surface area (Å²) in [5, 5.41) is 20.1. The van der Waals surface area contributed by atoms with Crippen molar-refractivity contribution in [3.63, 3.8) is 0 Å². The van der Waals surface area contributed by atoms with Crippen molar-refractivity contribution in [1.82, 2.24) is 10.2 Å². The number of amides is 1. The molecule has 1 saturated heterocycles. The molecule has 0 aromatic carbocycles. The zero-order valence-corrected chi connectivity index (χ0v) is 12.5. The lowest BCUT2D eigenvalue weighted by Gasteiger charge is -2.32. The van der Waals surface area contributed by atoms with E-state index in [-0.39, 0.29) is 25.0 Å². The van der Waals surface area contributed by atoms with Crippen molar-refractivity contribution in [2.24, 2.45) is 5.92 Å². The number of rotatable bonds is 5. The number of carboxylic acids is 2. The molecule has 2 rings (SSSR count). The molecule has 3 atom stereocenters. The summed E-state index contributed by atoms with van der Waals surface area (Å²) in [5.74, 6) is -2.09. The van der Waals surface area contributed by atoms with E-state index in [2.05, 4.69) is 5.32 Å². The van der Waals surface area contributed by atoms with E-state index < -0.39 is 30.4 Å². The van der Waals surface area contributed by atoms with Gasteiger partial charge < -0.3 is 15.5 Å². The lowest BCUT2D eigenvalue weighted by atomic mass is 9.85. The van der Waals surface area contributed by atoms with Gasteiger partial charge in [-0.1, -0.05) is 12.8 Å². The van der Waals surface area contributed by atoms with Crippen LogP contribution in [0.3, 0.4) is 0 Å². The molecule has 1 saturated carbocycles. The molecule has 1 heterocycles. The molecule has 2 aliphatic rings. The first kappa shape index (κ1) is 17.7. The Balaban J connectivity index is 0.00000220. The highest BCUT2D eigenvalue weighted by Crippen LogP contribution is 2.39. The minimum Gasteiger partial charge on any atom is -0.480 e. The smallest absolute Gasteiger partial charge is 0.322 e. The number of hydrogen-bond acceptors (Lipinski definition) is 4. The zero-order chi connectivity index (χ0) is 14.7. The van der Waals surface area contributed by atoms with E-state index in [1.165, 1.54) is 0 Å². The third-order valence-corrected chi connectivity index (χ3v) is 4.27. The van der Waals surface area contributed by atoms with Gasteiger partial charge in [-0.25, -0.2) is 0 Å². The maximum Gasteiger partial charge on any atom is 0.322 e. The lowest BCUT2D eigenvalue weighted by Crippen LogP contribution is -2.48. The Bertz CT molecular complexity index is 417. The van der Waals surface area contributed by atoms with E-state index in [0.29, 0.717) is 12.3 Å². The fourth-order valence-electron chi connectivity index (χ4n) is 3.42. The number of aliphatic carboxylic acids is 2. The predicted molar refractivity (Wildman–Crippen MR) is 76.4 cm³/mol. The number of nitrogens with one attached hydrogen (secondary N) is 1. The molecule has 0 spiro atoms. The Morgan fingerprint density at radius 3 is 2.43 bits per heavy atom. The van der Waals surface area contributed by atoms with Gasteiger partial charge in [0, 0.05) is 6.04 Å². The van der Waals surface area contributed by atoms with Crippen LogP contribution in [0.5, 0.6) is 0 Å². The van der Waals surface area contributed by atoms with Gasteiger partial charge in [-0.15, -0.1) is 12.4 Å². The number of hydrogen-bond donors (Lipinski definition) is 3. The van der Waals surface area contributed by atoms with Crippen LogP contribution in [-0.2, 0) is 14.4 Å². The Labute approximate surface area is 129 Å². The molecule has 0 aromatic heterocycles. The number of carbonyl (C=O) groups is 3. The van der Waals surface area contributed by atoms with Crippen molar-refractivity contribution in [1.29, 1.82) is 0 Å². The summed E-state index contributed by atoms with van der Waals surface area (Å²) in [5.41, 5.74) is 0. The van der Waals surface area contributed by atoms with Crippen LogP contribution >= 0.6 is 12.4 Å². The molecule has 8 heteroatoms. The van der Waals surface area contributed by atoms with Crippen molar-refractivity contribution >= 4 is 30.3 Å². The van der Waals surface area contributed by atoms with Crippen LogP contribution < -0.4 is 5.32 Å². The van der Waals surface area contributed by atoms with Crippen LogP contribution in [0.2, 0.25) is 0 Å². The monoisotopic (exact) mass is 320 g/mol. The van der Waals surface area contributed by atoms with Gasteiger partial charge in [-0.05, 0) is 25.2 Å². The van der Waals surface area contributed by atoms with Gasteiger partial charge in [0.2, 0.25) is 5.91 Å². The summed E-state index contributed by atoms with van der Waals surface area (Å²) in [4.78, 5) is 35.2. The summed E-state index contributed by atoms with van der Waals surface area (Å²) < 4.78 is 0. The minimum atomic E-state index is -1.11. The van der Waals surface area contributed by atoms with Crippen LogP contribution in [0.25, 0.3) is 0 Å². The molecule has 3 unspecified atom stereocenters. The molecule has 0 radical (unpaired) electrons. The van der Waals surface area contributed by atoms with Crippen molar-refractivity contribution in [2.45, 2.75) is 44.2 Å². The standard InChI is InChI=1S/C13H20N2O5.ClH/c16-11(14-6-12(17)18)7-15-9-4-2-1-3-8(9)5-10(15)13(19)20;/h8-10H,1-7H2,(H,14,16)(H,17,18)(H,19,20);1H. The van der Waals surface area contributed by atoms with E-state index in [9.17, 15) is 19.5 Å². The van der Waals surface area contributed by atoms with Gasteiger partial charge in [0.05, 0.1) is 6.54 Å². The van der Waals surface area contributed by atoms with Crippen molar-refractivity contribution in [3.05, 3.63) is 0 Å². The maximum atomic E-state index is 11.7. The highest BCUT2D eigenvalue weighted by atomic mass is 35.5. The zero-order valence-electron chi connectivity index (χ0n) is 11.7. The van der Waals surface area contributed by atoms with E-state index in [0.717, 1.165) is 25.7 Å². The second-order valence-electron chi connectivity index (χ2n) is 5.54. The average Bonchev–Trinajstić information content (AvgIpc) is 2.76. The highest BCUT2D eigenvalue weighted by molar-refractivity contribution is 5.85. The van der Waals surface area contributed by atoms with Crippen LogP contribution in [0, 0.1) is 5.92 Å². The molecule has 21 heavy (non-hydrogen) atoms. The fraction of sp³-hybridized carbons (Fsp3) is 0.769. The molecule has 1 aliphatic heterocycles. The molecular weight excluding hydrogens is 300 g/mol. The van der Waals surface area contributed by atoms with Crippen molar-refractivity contribution in [3.8, 4) is 0 Å². The van der Waals surface area contributed by atoms with Gasteiger partial charge in [0.25, 0.3) is 0 Å². The van der Waals surface area contributed by atoms with E-state index in [1.807, 2.05) is 0 Å². The summed E-state index contributed by atoms with van der Waals surface area (Å²) in [6.07, 6.45) is 4.70. The third kappa shape index (κ3) is 4.31. The van der Waals surface area contributed by atoms with E-state index in [4.69, 9.17) is 5.11 Å². The van der Waals surface area contributed by atoms with Gasteiger partial charge in [0.1, 0.15) is 12.6 Å². The summed E-state index contributed by atoms with van der Waals surface area (Å²) >= 11 is 0. The average molecular weight is 321 g/mol. The number of fused-ring (bicyclic) bond motifs is 1. The summed E-state index contributed by atoms with van der Waals surface area (Å²) in [6.45, 7) is -0.468. The minimum absolute atomic E-state index is 0. The summed E-state index contributed by atoms with van der Waals surface area (Å²) in [6, 6.07) is -0.487. The first-order chi connectivity index (χ1) is 9.49. The Kier molecular flexibility index (Phi) is 6.42. The van der Waals surface area contributed by atoms with Gasteiger partial charge in [-0.2, -0.15) is 0 Å². The maximum absolute atomic E-state index is 11.7. The SMILES string of the molecule is Cl.O=C(O)CNC(=O)CN1C(C(=O)O)CC2CCCCC21. The molecule has 120 valence electrons. The van der Waals surface area contributed by atoms with Crippen molar-refractivity contribution in [2.75, 3.05) is 13.1 Å². The Morgan fingerprint density at radius 2 is 1.81 bits per heavy atom. The van der Waals surface area contributed by atoms with E-state index >= 15 is 0 Å². The van der Waals surface area contributed by atoms with Gasteiger partial charge in [0.15, 0.2) is 0 Å². The number of likely N-dealkylation sites (tertiary alicyclic amines) is 1. The number of nitrogens with zero attached hydrogens (tertiary/aromatic N) is 1. The molecule has 2 fully saturated rings. The Hall–Kier alpha value is -1.34. The summed E-state index contributed by atoms with van der Waals surface area (Å²) in [7, 11) is 0. The molecular formula is C13H21ClN2O5. The van der Waals surface area contributed by atoms with Crippen LogP contribution in [-0.4, -0.2) is 58.1 Å². The first-order valence-corrected chi connectivity index (χ1v) is 6.96. The Morgan fingerprint density at radius 1 is 1.14 bits per heavy atom. The molecule has 1 amide bonds. The van der Waals surface area contributed by atoms with Crippen LogP contribution in [0.15, 0.2) is 0 Å². The first-order valence-electron chi connectivity index (χ1n) is 6.96. The molecule has 0 bridgehead atoms. The predicted octanol–water partition coefficient (Wildman–Crippen LogP) is 0.327. The number of carbonyl (C=O) groups excluding carboxylic acids is 1. The second-order valence-corrected chi connectivity index (χ2v) is 5.54. The van der Waals surface area contributed by atoms with Gasteiger partial charge in [-0.3, -0.25) is 19.3 Å². The molecule has 3 N–H and O–H groups in total. The van der Waals surface area contributed by atoms with Crippen LogP contribution in [0.1, 0.15) is 32.1 Å². The van der Waals surface area contributed by atoms with Crippen molar-refractivity contribution < 1.29 is 24.6 Å². The molecule has 0 aromatic rings. The topological polar surface area (TPSA) is 107 Å². The highest BCUT2D eigenvalue weighted by Gasteiger charge is 2.45. The third-order valence-electron chi connectivity index (χ3n) is 4.27. The number of halogens is 1. The van der Waals surface area contributed by atoms with E-state index in [1.54, 1.807) is 4.90 Å². The normalized spacial score (nSPS) is 28.3. The second kappa shape index (κ2) is 7.61. The number of carboxylic acid groups (broad SMARTS) is 2. The quantitative estimate of drug-likeness (QED) is 0.674. The fourth-order valence-corrected chi connectivity index (χ4v) is 3.42. The molecule has 1 aliphatic carbocycles. The largest absolute Gasteiger partial charge is 0.480 e. The molecule has 7 nitrogen and oxygen atoms in total. The van der Waals surface area contributed by atoms with Gasteiger partial charge >= 0.3 is 11.9 Å². The lowest BCUT2D eigenvalue weighted by molar-refractivity contribution is -0.144.